The van der Waals surface area contributed by atoms with Crippen molar-refractivity contribution in [3.05, 3.63) is 47.7 Å². The lowest BCUT2D eigenvalue weighted by atomic mass is 10.0. The Kier molecular flexibility index (Phi) is 5.83. The normalized spacial score (nSPS) is 18.5. The van der Waals surface area contributed by atoms with Gasteiger partial charge in [-0.2, -0.15) is 10.2 Å². The third kappa shape index (κ3) is 4.19. The second kappa shape index (κ2) is 8.27. The number of aromatic nitrogens is 2. The highest BCUT2D eigenvalue weighted by atomic mass is 16.6. The smallest absolute Gasteiger partial charge is 0.410 e. The minimum absolute atomic E-state index is 0.0561. The van der Waals surface area contributed by atoms with Gasteiger partial charge in [-0.25, -0.2) is 4.79 Å². The van der Waals surface area contributed by atoms with Crippen LogP contribution in [0, 0.1) is 6.92 Å². The van der Waals surface area contributed by atoms with Gasteiger partial charge in [0.25, 0.3) is 0 Å². The van der Waals surface area contributed by atoms with Crippen molar-refractivity contribution in [1.29, 1.82) is 0 Å². The second-order valence-electron chi connectivity index (χ2n) is 6.71. The summed E-state index contributed by atoms with van der Waals surface area (Å²) in [5.41, 5.74) is 3.78. The average molecular weight is 355 g/mol. The largest absolute Gasteiger partial charge is 0.446 e. The average Bonchev–Trinajstić information content (AvgIpc) is 2.67. The van der Waals surface area contributed by atoms with Crippen LogP contribution in [0.3, 0.4) is 0 Å². The van der Waals surface area contributed by atoms with E-state index in [-0.39, 0.29) is 24.8 Å². The van der Waals surface area contributed by atoms with Crippen molar-refractivity contribution in [3.63, 3.8) is 0 Å². The van der Waals surface area contributed by atoms with E-state index in [9.17, 15) is 4.79 Å². The maximum absolute atomic E-state index is 12.3. The Morgan fingerprint density at radius 1 is 1.23 bits per heavy atom. The van der Waals surface area contributed by atoms with Gasteiger partial charge in [-0.1, -0.05) is 24.3 Å². The molecule has 1 saturated heterocycles. The van der Waals surface area contributed by atoms with Gasteiger partial charge in [0.2, 0.25) is 0 Å². The minimum atomic E-state index is -0.278. The lowest BCUT2D eigenvalue weighted by molar-refractivity contribution is 0.00760. The molecule has 1 aliphatic heterocycles. The van der Waals surface area contributed by atoms with Gasteiger partial charge in [-0.15, -0.1) is 0 Å². The van der Waals surface area contributed by atoms with Crippen LogP contribution in [0.5, 0.6) is 0 Å². The van der Waals surface area contributed by atoms with Gasteiger partial charge in [0.1, 0.15) is 6.10 Å². The fourth-order valence-corrected chi connectivity index (χ4v) is 3.18. The lowest BCUT2D eigenvalue weighted by Gasteiger charge is -2.35. The Morgan fingerprint density at radius 2 is 2.00 bits per heavy atom. The number of cyclic esters (lactones) is 1. The van der Waals surface area contributed by atoms with Crippen molar-refractivity contribution in [3.8, 4) is 11.3 Å². The number of carbonyl (C=O) groups is 1. The van der Waals surface area contributed by atoms with Crippen LogP contribution in [-0.2, 0) is 4.74 Å². The number of rotatable bonds is 6. The lowest BCUT2D eigenvalue weighted by Crippen LogP contribution is -2.43. The van der Waals surface area contributed by atoms with E-state index in [2.05, 4.69) is 10.2 Å². The number of aryl methyl sites for hydroxylation is 1. The first-order valence-electron chi connectivity index (χ1n) is 9.07. The van der Waals surface area contributed by atoms with E-state index in [0.29, 0.717) is 13.0 Å². The monoisotopic (exact) mass is 355 g/mol. The molecular weight excluding hydrogens is 330 g/mol. The molecule has 1 fully saturated rings. The van der Waals surface area contributed by atoms with Crippen LogP contribution in [0.4, 0.5) is 4.79 Å². The standard InChI is InChI=1S/C20H25N3O3/c1-14-5-10-19(22-21-14)17-8-6-16(7-9-17)15(2)23-12-11-18(4-3-13-24)26-20(23)25/h5-10,15,18,24H,3-4,11-13H2,1-2H3. The topological polar surface area (TPSA) is 75.6 Å². The first kappa shape index (κ1) is 18.3. The zero-order chi connectivity index (χ0) is 18.5. The molecule has 1 N–H and O–H groups in total. The summed E-state index contributed by atoms with van der Waals surface area (Å²) in [4.78, 5) is 14.1. The van der Waals surface area contributed by atoms with Crippen LogP contribution in [0.25, 0.3) is 11.3 Å². The van der Waals surface area contributed by atoms with E-state index in [1.165, 1.54) is 0 Å². The van der Waals surface area contributed by atoms with Gasteiger partial charge >= 0.3 is 6.09 Å². The van der Waals surface area contributed by atoms with Crippen molar-refractivity contribution >= 4 is 6.09 Å². The molecule has 2 aromatic rings. The third-order valence-electron chi connectivity index (χ3n) is 4.83. The summed E-state index contributed by atoms with van der Waals surface area (Å²) in [6.45, 7) is 4.72. The number of benzene rings is 1. The highest BCUT2D eigenvalue weighted by molar-refractivity contribution is 5.69. The molecule has 1 aromatic carbocycles. The molecule has 0 radical (unpaired) electrons. The van der Waals surface area contributed by atoms with E-state index < -0.39 is 0 Å². The van der Waals surface area contributed by atoms with E-state index in [4.69, 9.17) is 9.84 Å². The van der Waals surface area contributed by atoms with Crippen LogP contribution in [0.15, 0.2) is 36.4 Å². The summed E-state index contributed by atoms with van der Waals surface area (Å²) in [6.07, 6.45) is 1.82. The molecule has 0 bridgehead atoms. The summed E-state index contributed by atoms with van der Waals surface area (Å²) >= 11 is 0. The van der Waals surface area contributed by atoms with E-state index >= 15 is 0 Å². The van der Waals surface area contributed by atoms with Gasteiger partial charge in [-0.3, -0.25) is 0 Å². The van der Waals surface area contributed by atoms with Gasteiger partial charge < -0.3 is 14.7 Å². The highest BCUT2D eigenvalue weighted by Crippen LogP contribution is 2.28. The zero-order valence-corrected chi connectivity index (χ0v) is 15.3. The molecule has 0 spiro atoms. The maximum atomic E-state index is 12.3. The molecule has 6 heteroatoms. The maximum Gasteiger partial charge on any atom is 0.410 e. The Balaban J connectivity index is 1.65. The molecule has 138 valence electrons. The first-order chi connectivity index (χ1) is 12.6. The predicted molar refractivity (Wildman–Crippen MR) is 98.5 cm³/mol. The van der Waals surface area contributed by atoms with Gasteiger partial charge in [0.15, 0.2) is 0 Å². The number of hydrogen-bond acceptors (Lipinski definition) is 5. The quantitative estimate of drug-likeness (QED) is 0.858. The Bertz CT molecular complexity index is 731. The van der Waals surface area contributed by atoms with E-state index in [1.807, 2.05) is 50.2 Å². The third-order valence-corrected chi connectivity index (χ3v) is 4.83. The Labute approximate surface area is 153 Å². The summed E-state index contributed by atoms with van der Waals surface area (Å²) in [5.74, 6) is 0. The van der Waals surface area contributed by atoms with Crippen molar-refractivity contribution in [2.75, 3.05) is 13.2 Å². The van der Waals surface area contributed by atoms with E-state index in [0.717, 1.165) is 35.4 Å². The molecule has 2 unspecified atom stereocenters. The summed E-state index contributed by atoms with van der Waals surface area (Å²) in [7, 11) is 0. The zero-order valence-electron chi connectivity index (χ0n) is 15.3. The molecule has 0 saturated carbocycles. The van der Waals surface area contributed by atoms with Crippen molar-refractivity contribution < 1.29 is 14.6 Å². The van der Waals surface area contributed by atoms with E-state index in [1.54, 1.807) is 4.90 Å². The van der Waals surface area contributed by atoms with Gasteiger partial charge in [-0.05, 0) is 44.4 Å². The van der Waals surface area contributed by atoms with Gasteiger partial charge in [0, 0.05) is 25.1 Å². The fraction of sp³-hybridized carbons (Fsp3) is 0.450. The first-order valence-corrected chi connectivity index (χ1v) is 9.07. The van der Waals surface area contributed by atoms with Crippen LogP contribution in [0.1, 0.15) is 43.5 Å². The number of carbonyl (C=O) groups excluding carboxylic acids is 1. The van der Waals surface area contributed by atoms with Crippen molar-refractivity contribution in [2.24, 2.45) is 0 Å². The van der Waals surface area contributed by atoms with Crippen molar-refractivity contribution in [2.45, 2.75) is 45.3 Å². The molecular formula is C20H25N3O3. The van der Waals surface area contributed by atoms with Crippen LogP contribution in [0.2, 0.25) is 0 Å². The molecule has 26 heavy (non-hydrogen) atoms. The molecule has 2 heterocycles. The molecule has 1 amide bonds. The van der Waals surface area contributed by atoms with Gasteiger partial charge in [0.05, 0.1) is 17.4 Å². The molecule has 1 aliphatic rings. The van der Waals surface area contributed by atoms with Crippen LogP contribution in [-0.4, -0.2) is 45.6 Å². The van der Waals surface area contributed by atoms with Crippen LogP contribution >= 0.6 is 0 Å². The highest BCUT2D eigenvalue weighted by Gasteiger charge is 2.30. The molecule has 0 aliphatic carbocycles. The number of ether oxygens (including phenoxy) is 1. The Hall–Kier alpha value is -2.47. The second-order valence-corrected chi connectivity index (χ2v) is 6.71. The number of hydrogen-bond donors (Lipinski definition) is 1. The summed E-state index contributed by atoms with van der Waals surface area (Å²) < 4.78 is 5.51. The summed E-state index contributed by atoms with van der Waals surface area (Å²) in [5, 5.41) is 17.2. The fourth-order valence-electron chi connectivity index (χ4n) is 3.18. The van der Waals surface area contributed by atoms with Crippen molar-refractivity contribution in [1.82, 2.24) is 15.1 Å². The summed E-state index contributed by atoms with van der Waals surface area (Å²) in [6, 6.07) is 11.9. The SMILES string of the molecule is Cc1ccc(-c2ccc(C(C)N3CCC(CCCO)OC3=O)cc2)nn1. The minimum Gasteiger partial charge on any atom is -0.446 e. The number of aliphatic hydroxyl groups is 1. The molecule has 3 rings (SSSR count). The number of aliphatic hydroxyl groups excluding tert-OH is 1. The molecule has 6 nitrogen and oxygen atoms in total. The molecule has 1 aromatic heterocycles. The molecule has 2 atom stereocenters. The number of amides is 1. The predicted octanol–water partition coefficient (Wildman–Crippen LogP) is 3.50. The Morgan fingerprint density at radius 3 is 2.62 bits per heavy atom. The van der Waals surface area contributed by atoms with Crippen LogP contribution < -0.4 is 0 Å². The number of nitrogens with zero attached hydrogens (tertiary/aromatic N) is 3.